The van der Waals surface area contributed by atoms with Gasteiger partial charge >= 0.3 is 0 Å². The molecule has 1 saturated heterocycles. The standard InChI is InChI=1S/C21H27ClN2O3/c1-27-19-10-9-17(13-18(19)22)23-20(25)11-8-15-5-4-12-24(14-15)21(26)16-6-2-3-7-16/h6,9-10,13,15H,2-5,7-8,11-12,14H2,1H3,(H,23,25)/t15-/m0/s1. The van der Waals surface area contributed by atoms with E-state index in [2.05, 4.69) is 11.4 Å². The summed E-state index contributed by atoms with van der Waals surface area (Å²) in [4.78, 5) is 26.8. The topological polar surface area (TPSA) is 58.6 Å². The summed E-state index contributed by atoms with van der Waals surface area (Å²) >= 11 is 6.09. The van der Waals surface area contributed by atoms with Crippen molar-refractivity contribution in [3.63, 3.8) is 0 Å². The average Bonchev–Trinajstić information content (AvgIpc) is 3.21. The first kappa shape index (κ1) is 19.7. The van der Waals surface area contributed by atoms with Crippen molar-refractivity contribution in [2.45, 2.75) is 44.9 Å². The first-order valence-electron chi connectivity index (χ1n) is 9.68. The van der Waals surface area contributed by atoms with Gasteiger partial charge in [-0.25, -0.2) is 0 Å². The number of anilines is 1. The number of ether oxygens (including phenoxy) is 1. The lowest BCUT2D eigenvalue weighted by Crippen LogP contribution is -2.40. The molecular weight excluding hydrogens is 364 g/mol. The van der Waals surface area contributed by atoms with Gasteiger partial charge in [-0.1, -0.05) is 17.7 Å². The minimum Gasteiger partial charge on any atom is -0.495 e. The number of nitrogens with one attached hydrogen (secondary N) is 1. The third-order valence-electron chi connectivity index (χ3n) is 5.34. The van der Waals surface area contributed by atoms with Crippen LogP contribution in [0.3, 0.4) is 0 Å². The summed E-state index contributed by atoms with van der Waals surface area (Å²) in [6.07, 6.45) is 8.43. The lowest BCUT2D eigenvalue weighted by atomic mass is 9.92. The second-order valence-corrected chi connectivity index (χ2v) is 7.72. The molecule has 5 nitrogen and oxygen atoms in total. The molecule has 1 heterocycles. The Morgan fingerprint density at radius 2 is 2.19 bits per heavy atom. The number of piperidine rings is 1. The van der Waals surface area contributed by atoms with Gasteiger partial charge in [0.05, 0.1) is 12.1 Å². The number of nitrogens with zero attached hydrogens (tertiary/aromatic N) is 1. The van der Waals surface area contributed by atoms with E-state index in [1.54, 1.807) is 25.3 Å². The molecule has 27 heavy (non-hydrogen) atoms. The maximum atomic E-state index is 12.6. The quantitative estimate of drug-likeness (QED) is 0.782. The van der Waals surface area contributed by atoms with Gasteiger partial charge in [0.1, 0.15) is 5.75 Å². The zero-order valence-electron chi connectivity index (χ0n) is 15.8. The van der Waals surface area contributed by atoms with Gasteiger partial charge in [0.15, 0.2) is 0 Å². The van der Waals surface area contributed by atoms with Crippen LogP contribution >= 0.6 is 11.6 Å². The van der Waals surface area contributed by atoms with Crippen LogP contribution in [0.1, 0.15) is 44.9 Å². The molecule has 0 aromatic heterocycles. The van der Waals surface area contributed by atoms with E-state index in [-0.39, 0.29) is 11.8 Å². The molecule has 1 aliphatic carbocycles. The average molecular weight is 391 g/mol. The van der Waals surface area contributed by atoms with Crippen molar-refractivity contribution in [2.75, 3.05) is 25.5 Å². The first-order chi connectivity index (χ1) is 13.1. The third kappa shape index (κ3) is 5.25. The number of hydrogen-bond acceptors (Lipinski definition) is 3. The third-order valence-corrected chi connectivity index (χ3v) is 5.63. The Kier molecular flexibility index (Phi) is 6.78. The smallest absolute Gasteiger partial charge is 0.249 e. The van der Waals surface area contributed by atoms with E-state index in [1.807, 2.05) is 4.90 Å². The van der Waals surface area contributed by atoms with E-state index in [9.17, 15) is 9.59 Å². The van der Waals surface area contributed by atoms with Crippen molar-refractivity contribution >= 4 is 29.1 Å². The number of likely N-dealkylation sites (tertiary alicyclic amines) is 1. The molecule has 1 aromatic carbocycles. The Hall–Kier alpha value is -2.01. The molecule has 0 saturated carbocycles. The van der Waals surface area contributed by atoms with E-state index in [1.165, 1.54) is 0 Å². The van der Waals surface area contributed by atoms with Crippen LogP contribution in [0.15, 0.2) is 29.8 Å². The van der Waals surface area contributed by atoms with E-state index >= 15 is 0 Å². The molecule has 146 valence electrons. The Morgan fingerprint density at radius 3 is 2.89 bits per heavy atom. The zero-order valence-corrected chi connectivity index (χ0v) is 16.6. The molecule has 1 N–H and O–H groups in total. The zero-order chi connectivity index (χ0) is 19.2. The Labute approximate surface area is 165 Å². The van der Waals surface area contributed by atoms with Gasteiger partial charge in [-0.15, -0.1) is 0 Å². The van der Waals surface area contributed by atoms with Gasteiger partial charge in [0.25, 0.3) is 0 Å². The molecule has 0 unspecified atom stereocenters. The molecule has 0 spiro atoms. The summed E-state index contributed by atoms with van der Waals surface area (Å²) in [5, 5.41) is 3.35. The minimum atomic E-state index is -0.0295. The van der Waals surface area contributed by atoms with Gasteiger partial charge in [-0.3, -0.25) is 9.59 Å². The molecule has 1 fully saturated rings. The monoisotopic (exact) mass is 390 g/mol. The molecular formula is C21H27ClN2O3. The molecule has 0 bridgehead atoms. The lowest BCUT2D eigenvalue weighted by molar-refractivity contribution is -0.129. The van der Waals surface area contributed by atoms with E-state index in [0.29, 0.717) is 28.8 Å². The van der Waals surface area contributed by atoms with Gasteiger partial charge in [-0.05, 0) is 62.6 Å². The predicted molar refractivity (Wildman–Crippen MR) is 107 cm³/mol. The van der Waals surface area contributed by atoms with Crippen LogP contribution in [0.25, 0.3) is 0 Å². The number of carbonyl (C=O) groups excluding carboxylic acids is 2. The summed E-state index contributed by atoms with van der Waals surface area (Å²) in [5.74, 6) is 1.14. The van der Waals surface area contributed by atoms with Crippen LogP contribution in [0, 0.1) is 5.92 Å². The molecule has 2 amide bonds. The highest BCUT2D eigenvalue weighted by molar-refractivity contribution is 6.32. The predicted octanol–water partition coefficient (Wildman–Crippen LogP) is 4.42. The summed E-state index contributed by atoms with van der Waals surface area (Å²) in [5.41, 5.74) is 1.64. The van der Waals surface area contributed by atoms with Crippen LogP contribution in [0.4, 0.5) is 5.69 Å². The molecule has 1 aliphatic heterocycles. The summed E-state index contributed by atoms with van der Waals surface area (Å²) in [7, 11) is 1.56. The normalized spacial score (nSPS) is 19.6. The van der Waals surface area contributed by atoms with Gasteiger partial charge in [0, 0.05) is 30.8 Å². The van der Waals surface area contributed by atoms with Crippen LogP contribution < -0.4 is 10.1 Å². The maximum absolute atomic E-state index is 12.6. The molecule has 0 radical (unpaired) electrons. The van der Waals surface area contributed by atoms with Crippen molar-refractivity contribution < 1.29 is 14.3 Å². The van der Waals surface area contributed by atoms with Crippen LogP contribution in [0.2, 0.25) is 5.02 Å². The summed E-state index contributed by atoms with van der Waals surface area (Å²) < 4.78 is 5.12. The number of rotatable bonds is 6. The largest absolute Gasteiger partial charge is 0.495 e. The first-order valence-corrected chi connectivity index (χ1v) is 10.1. The van der Waals surface area contributed by atoms with E-state index in [4.69, 9.17) is 16.3 Å². The van der Waals surface area contributed by atoms with Gasteiger partial charge < -0.3 is 15.0 Å². The Balaban J connectivity index is 1.47. The van der Waals surface area contributed by atoms with Crippen molar-refractivity contribution in [3.8, 4) is 5.75 Å². The second kappa shape index (κ2) is 9.27. The number of carbonyl (C=O) groups is 2. The van der Waals surface area contributed by atoms with Gasteiger partial charge in [-0.2, -0.15) is 0 Å². The molecule has 6 heteroatoms. The molecule has 2 aliphatic rings. The Morgan fingerprint density at radius 1 is 1.33 bits per heavy atom. The highest BCUT2D eigenvalue weighted by Gasteiger charge is 2.26. The van der Waals surface area contributed by atoms with Crippen LogP contribution in [0.5, 0.6) is 5.75 Å². The van der Waals surface area contributed by atoms with Crippen LogP contribution in [-0.2, 0) is 9.59 Å². The fraction of sp³-hybridized carbons (Fsp3) is 0.524. The number of halogens is 1. The summed E-state index contributed by atoms with van der Waals surface area (Å²) in [6, 6.07) is 5.20. The fourth-order valence-electron chi connectivity index (χ4n) is 3.86. The number of amides is 2. The highest BCUT2D eigenvalue weighted by atomic mass is 35.5. The lowest BCUT2D eigenvalue weighted by Gasteiger charge is -2.33. The van der Waals surface area contributed by atoms with Crippen molar-refractivity contribution in [1.29, 1.82) is 0 Å². The Bertz CT molecular complexity index is 732. The number of methoxy groups -OCH3 is 1. The van der Waals surface area contributed by atoms with Crippen molar-refractivity contribution in [1.82, 2.24) is 4.90 Å². The number of allylic oxidation sites excluding steroid dienone is 1. The molecule has 1 atom stereocenters. The maximum Gasteiger partial charge on any atom is 0.249 e. The van der Waals surface area contributed by atoms with Crippen molar-refractivity contribution in [3.05, 3.63) is 34.9 Å². The van der Waals surface area contributed by atoms with Crippen molar-refractivity contribution in [2.24, 2.45) is 5.92 Å². The molecule has 3 rings (SSSR count). The summed E-state index contributed by atoms with van der Waals surface area (Å²) in [6.45, 7) is 1.60. The number of hydrogen-bond donors (Lipinski definition) is 1. The number of benzene rings is 1. The molecule has 1 aromatic rings. The SMILES string of the molecule is COc1ccc(NC(=O)CC[C@@H]2CCCN(C(=O)C3=CCCC3)C2)cc1Cl. The van der Waals surface area contributed by atoms with Crippen LogP contribution in [-0.4, -0.2) is 36.9 Å². The van der Waals surface area contributed by atoms with E-state index in [0.717, 1.165) is 57.2 Å². The second-order valence-electron chi connectivity index (χ2n) is 7.32. The van der Waals surface area contributed by atoms with Gasteiger partial charge in [0.2, 0.25) is 11.8 Å². The minimum absolute atomic E-state index is 0.0295. The highest BCUT2D eigenvalue weighted by Crippen LogP contribution is 2.28. The van der Waals surface area contributed by atoms with E-state index < -0.39 is 0 Å². The fourth-order valence-corrected chi connectivity index (χ4v) is 4.11.